The number of aryl methyl sites for hydroxylation is 1. The van der Waals surface area contributed by atoms with Crippen LogP contribution in [0.1, 0.15) is 15.4 Å². The summed E-state index contributed by atoms with van der Waals surface area (Å²) in [5.41, 5.74) is 1.11. The molecule has 6 heteroatoms. The van der Waals surface area contributed by atoms with Crippen LogP contribution in [-0.4, -0.2) is 11.5 Å². The molecule has 3 rings (SSSR count). The third kappa shape index (κ3) is 4.02. The molecule has 0 saturated heterocycles. The van der Waals surface area contributed by atoms with Crippen LogP contribution in [0.4, 0.5) is 8.78 Å². The molecule has 2 heterocycles. The van der Waals surface area contributed by atoms with Gasteiger partial charge in [0.25, 0.3) is 0 Å². The molecule has 0 aliphatic heterocycles. The van der Waals surface area contributed by atoms with Crippen molar-refractivity contribution in [1.29, 1.82) is 0 Å². The Morgan fingerprint density at radius 3 is 2.61 bits per heavy atom. The summed E-state index contributed by atoms with van der Waals surface area (Å²) in [6.45, 7) is 2.86. The van der Waals surface area contributed by atoms with Gasteiger partial charge in [0.2, 0.25) is 0 Å². The Morgan fingerprint density at radius 1 is 1.13 bits per heavy atom. The van der Waals surface area contributed by atoms with Crippen molar-refractivity contribution in [3.8, 4) is 10.6 Å². The summed E-state index contributed by atoms with van der Waals surface area (Å²) in [6.07, 6.45) is 0.823. The normalized spacial score (nSPS) is 11.1. The maximum absolute atomic E-state index is 13.5. The second-order valence-corrected chi connectivity index (χ2v) is 7.38. The van der Waals surface area contributed by atoms with E-state index in [-0.39, 0.29) is 12.1 Å². The van der Waals surface area contributed by atoms with Crippen LogP contribution >= 0.6 is 22.7 Å². The van der Waals surface area contributed by atoms with Gasteiger partial charge in [0.15, 0.2) is 0 Å². The van der Waals surface area contributed by atoms with E-state index in [1.165, 1.54) is 23.1 Å². The lowest BCUT2D eigenvalue weighted by molar-refractivity contribution is 0.536. The zero-order valence-corrected chi connectivity index (χ0v) is 14.2. The van der Waals surface area contributed by atoms with E-state index < -0.39 is 11.6 Å². The van der Waals surface area contributed by atoms with E-state index in [9.17, 15) is 8.78 Å². The molecule has 0 unspecified atom stereocenters. The van der Waals surface area contributed by atoms with Crippen molar-refractivity contribution in [3.05, 3.63) is 62.8 Å². The Kier molecular flexibility index (Phi) is 5.15. The van der Waals surface area contributed by atoms with E-state index in [1.807, 2.05) is 6.92 Å². The van der Waals surface area contributed by atoms with Crippen LogP contribution in [0, 0.1) is 18.6 Å². The first-order valence-electron chi connectivity index (χ1n) is 7.28. The first kappa shape index (κ1) is 16.2. The fourth-order valence-electron chi connectivity index (χ4n) is 2.25. The standard InChI is InChI=1S/C17H16F2N2S2/c1-11-21-16(10-22-11)17-6-5-12(23-17)7-8-20-9-13-14(18)3-2-4-15(13)19/h2-6,10,20H,7-9H2,1H3. The third-order valence-corrected chi connectivity index (χ3v) is 5.39. The number of hydrogen-bond donors (Lipinski definition) is 1. The highest BCUT2D eigenvalue weighted by Crippen LogP contribution is 2.29. The predicted molar refractivity (Wildman–Crippen MR) is 91.9 cm³/mol. The van der Waals surface area contributed by atoms with Gasteiger partial charge in [-0.25, -0.2) is 13.8 Å². The number of nitrogens with zero attached hydrogens (tertiary/aromatic N) is 1. The lowest BCUT2D eigenvalue weighted by Crippen LogP contribution is -2.18. The van der Waals surface area contributed by atoms with E-state index in [0.29, 0.717) is 6.54 Å². The summed E-state index contributed by atoms with van der Waals surface area (Å²) in [6, 6.07) is 8.09. The average Bonchev–Trinajstić information content (AvgIpc) is 3.15. The zero-order valence-electron chi connectivity index (χ0n) is 12.6. The van der Waals surface area contributed by atoms with Gasteiger partial charge < -0.3 is 5.32 Å². The van der Waals surface area contributed by atoms with Crippen molar-refractivity contribution >= 4 is 22.7 Å². The van der Waals surface area contributed by atoms with E-state index in [4.69, 9.17) is 0 Å². The van der Waals surface area contributed by atoms with Crippen molar-refractivity contribution in [3.63, 3.8) is 0 Å². The van der Waals surface area contributed by atoms with E-state index >= 15 is 0 Å². The monoisotopic (exact) mass is 350 g/mol. The Balaban J connectivity index is 1.52. The van der Waals surface area contributed by atoms with Gasteiger partial charge in [0, 0.05) is 28.9 Å². The van der Waals surface area contributed by atoms with Gasteiger partial charge in [0.05, 0.1) is 15.6 Å². The van der Waals surface area contributed by atoms with E-state index in [0.717, 1.165) is 22.0 Å². The van der Waals surface area contributed by atoms with Gasteiger partial charge in [0.1, 0.15) is 11.6 Å². The van der Waals surface area contributed by atoms with Crippen molar-refractivity contribution in [1.82, 2.24) is 10.3 Å². The second kappa shape index (κ2) is 7.29. The minimum atomic E-state index is -0.505. The summed E-state index contributed by atoms with van der Waals surface area (Å²) in [5.74, 6) is -1.01. The molecule has 3 aromatic rings. The van der Waals surface area contributed by atoms with E-state index in [2.05, 4.69) is 27.8 Å². The molecule has 0 aliphatic carbocycles. The number of aromatic nitrogens is 1. The Bertz CT molecular complexity index is 775. The molecule has 1 N–H and O–H groups in total. The number of rotatable bonds is 6. The molecule has 0 fully saturated rings. The summed E-state index contributed by atoms with van der Waals surface area (Å²) in [5, 5.41) is 6.22. The molecule has 2 aromatic heterocycles. The molecule has 0 aliphatic rings. The molecule has 2 nitrogen and oxygen atoms in total. The first-order valence-corrected chi connectivity index (χ1v) is 8.98. The van der Waals surface area contributed by atoms with Crippen molar-refractivity contribution in [2.75, 3.05) is 6.54 Å². The van der Waals surface area contributed by atoms with Crippen LogP contribution < -0.4 is 5.32 Å². The fraction of sp³-hybridized carbons (Fsp3) is 0.235. The highest BCUT2D eigenvalue weighted by molar-refractivity contribution is 7.16. The highest BCUT2D eigenvalue weighted by Gasteiger charge is 2.08. The van der Waals surface area contributed by atoms with Crippen molar-refractivity contribution in [2.45, 2.75) is 19.9 Å². The van der Waals surface area contributed by atoms with Crippen LogP contribution in [0.15, 0.2) is 35.7 Å². The quantitative estimate of drug-likeness (QED) is 0.647. The van der Waals surface area contributed by atoms with Gasteiger partial charge in [-0.15, -0.1) is 22.7 Å². The lowest BCUT2D eigenvalue weighted by atomic mass is 10.2. The Labute approximate surface area is 141 Å². The Morgan fingerprint density at radius 2 is 1.91 bits per heavy atom. The van der Waals surface area contributed by atoms with Gasteiger partial charge in [-0.1, -0.05) is 6.07 Å². The molecule has 0 atom stereocenters. The SMILES string of the molecule is Cc1nc(-c2ccc(CCNCc3c(F)cccc3F)s2)cs1. The highest BCUT2D eigenvalue weighted by atomic mass is 32.1. The van der Waals surface area contributed by atoms with Crippen molar-refractivity contribution < 1.29 is 8.78 Å². The largest absolute Gasteiger partial charge is 0.312 e. The number of benzene rings is 1. The number of nitrogens with one attached hydrogen (secondary N) is 1. The minimum absolute atomic E-state index is 0.0947. The fourth-order valence-corrected chi connectivity index (χ4v) is 3.91. The molecule has 0 amide bonds. The van der Waals surface area contributed by atoms with Crippen LogP contribution in [0.25, 0.3) is 10.6 Å². The third-order valence-electron chi connectivity index (χ3n) is 3.44. The predicted octanol–water partition coefficient (Wildman–Crippen LogP) is 4.79. The lowest BCUT2D eigenvalue weighted by Gasteiger charge is -2.06. The van der Waals surface area contributed by atoms with Crippen LogP contribution in [-0.2, 0) is 13.0 Å². The van der Waals surface area contributed by atoms with Crippen LogP contribution in [0.2, 0.25) is 0 Å². The summed E-state index contributed by atoms with van der Waals surface area (Å²) >= 11 is 3.35. The maximum Gasteiger partial charge on any atom is 0.130 e. The number of thiophene rings is 1. The molecule has 0 radical (unpaired) electrons. The summed E-state index contributed by atoms with van der Waals surface area (Å²) < 4.78 is 27.0. The number of thiazole rings is 1. The zero-order chi connectivity index (χ0) is 16.2. The summed E-state index contributed by atoms with van der Waals surface area (Å²) in [7, 11) is 0. The second-order valence-electron chi connectivity index (χ2n) is 5.14. The van der Waals surface area contributed by atoms with E-state index in [1.54, 1.807) is 22.7 Å². The van der Waals surface area contributed by atoms with Gasteiger partial charge >= 0.3 is 0 Å². The van der Waals surface area contributed by atoms with Gasteiger partial charge in [-0.3, -0.25) is 0 Å². The molecule has 0 bridgehead atoms. The Hall–Kier alpha value is -1.63. The molecular formula is C17H16F2N2S2. The molecule has 23 heavy (non-hydrogen) atoms. The summed E-state index contributed by atoms with van der Waals surface area (Å²) in [4.78, 5) is 6.87. The molecule has 1 aromatic carbocycles. The number of hydrogen-bond acceptors (Lipinski definition) is 4. The minimum Gasteiger partial charge on any atom is -0.312 e. The smallest absolute Gasteiger partial charge is 0.130 e. The van der Waals surface area contributed by atoms with Crippen LogP contribution in [0.5, 0.6) is 0 Å². The van der Waals surface area contributed by atoms with Gasteiger partial charge in [-0.05, 0) is 37.6 Å². The first-order chi connectivity index (χ1) is 11.1. The molecular weight excluding hydrogens is 334 g/mol. The average molecular weight is 350 g/mol. The van der Waals surface area contributed by atoms with Crippen molar-refractivity contribution in [2.24, 2.45) is 0 Å². The molecule has 120 valence electrons. The molecule has 0 saturated carbocycles. The molecule has 0 spiro atoms. The van der Waals surface area contributed by atoms with Gasteiger partial charge in [-0.2, -0.15) is 0 Å². The topological polar surface area (TPSA) is 24.9 Å². The number of halogens is 2. The van der Waals surface area contributed by atoms with Crippen LogP contribution in [0.3, 0.4) is 0 Å². The maximum atomic E-state index is 13.5.